The average molecular weight is 308 g/mol. The molecule has 0 fully saturated rings. The van der Waals surface area contributed by atoms with E-state index in [-0.39, 0.29) is 11.7 Å². The van der Waals surface area contributed by atoms with Gasteiger partial charge in [0.05, 0.1) is 0 Å². The van der Waals surface area contributed by atoms with Gasteiger partial charge in [-0.1, -0.05) is 40.2 Å². The molecular weight excluding hydrogens is 293 g/mol. The molecule has 2 rings (SSSR count). The Kier molecular flexibility index (Phi) is 4.50. The molecule has 18 heavy (non-hydrogen) atoms. The Balaban J connectivity index is 2.17. The molecule has 0 aliphatic heterocycles. The zero-order valence-corrected chi connectivity index (χ0v) is 11.5. The second-order valence-corrected chi connectivity index (χ2v) is 5.23. The van der Waals surface area contributed by atoms with Gasteiger partial charge in [-0.25, -0.2) is 4.39 Å². The first kappa shape index (κ1) is 13.2. The summed E-state index contributed by atoms with van der Waals surface area (Å²) in [5, 5.41) is 0. The summed E-state index contributed by atoms with van der Waals surface area (Å²) in [5.74, 6) is 0.0110. The molecular formula is C15H15BrFN. The van der Waals surface area contributed by atoms with Crippen LogP contribution in [-0.4, -0.2) is 6.54 Å². The first-order valence-electron chi connectivity index (χ1n) is 5.89. The summed E-state index contributed by atoms with van der Waals surface area (Å²) < 4.78 is 14.0. The fourth-order valence-electron chi connectivity index (χ4n) is 2.02. The molecule has 0 aliphatic rings. The zero-order valence-electron chi connectivity index (χ0n) is 9.94. The molecule has 2 aromatic rings. The summed E-state index contributed by atoms with van der Waals surface area (Å²) in [7, 11) is 0. The Hall–Kier alpha value is -1.19. The van der Waals surface area contributed by atoms with Crippen molar-refractivity contribution >= 4 is 15.9 Å². The largest absolute Gasteiger partial charge is 0.330 e. The van der Waals surface area contributed by atoms with E-state index in [0.717, 1.165) is 16.5 Å². The van der Waals surface area contributed by atoms with Crippen molar-refractivity contribution < 1.29 is 4.39 Å². The molecule has 0 heterocycles. The van der Waals surface area contributed by atoms with Gasteiger partial charge in [-0.3, -0.25) is 0 Å². The molecule has 0 radical (unpaired) electrons. The van der Waals surface area contributed by atoms with Gasteiger partial charge < -0.3 is 5.73 Å². The molecule has 0 saturated heterocycles. The van der Waals surface area contributed by atoms with Crippen LogP contribution in [0.15, 0.2) is 53.0 Å². The normalized spacial score (nSPS) is 12.4. The zero-order chi connectivity index (χ0) is 13.0. The highest BCUT2D eigenvalue weighted by Gasteiger charge is 2.10. The third-order valence-electron chi connectivity index (χ3n) is 3.00. The van der Waals surface area contributed by atoms with Crippen molar-refractivity contribution in [1.29, 1.82) is 0 Å². The summed E-state index contributed by atoms with van der Waals surface area (Å²) in [4.78, 5) is 0. The highest BCUT2D eigenvalue weighted by atomic mass is 79.9. The lowest BCUT2D eigenvalue weighted by Crippen LogP contribution is -2.15. The molecule has 0 aromatic heterocycles. The third-order valence-corrected chi connectivity index (χ3v) is 3.49. The van der Waals surface area contributed by atoms with Crippen molar-refractivity contribution in [2.45, 2.75) is 12.3 Å². The fraction of sp³-hybridized carbons (Fsp3) is 0.200. The standard InChI is InChI=1S/C15H15BrFN/c16-14-3-1-2-11(9-14)8-13(10-18)12-4-6-15(17)7-5-12/h1-7,9,13H,8,10,18H2. The van der Waals surface area contributed by atoms with Gasteiger partial charge in [0.15, 0.2) is 0 Å². The maximum atomic E-state index is 12.9. The maximum absolute atomic E-state index is 12.9. The van der Waals surface area contributed by atoms with E-state index in [2.05, 4.69) is 28.1 Å². The fourth-order valence-corrected chi connectivity index (χ4v) is 2.47. The number of hydrogen-bond donors (Lipinski definition) is 1. The molecule has 94 valence electrons. The van der Waals surface area contributed by atoms with Gasteiger partial charge in [0.1, 0.15) is 5.82 Å². The molecule has 2 aromatic carbocycles. The topological polar surface area (TPSA) is 26.0 Å². The van der Waals surface area contributed by atoms with Crippen LogP contribution in [0, 0.1) is 5.82 Å². The second-order valence-electron chi connectivity index (χ2n) is 4.32. The Labute approximate surface area is 115 Å². The van der Waals surface area contributed by atoms with Gasteiger partial charge in [0.25, 0.3) is 0 Å². The Morgan fingerprint density at radius 2 is 1.83 bits per heavy atom. The lowest BCUT2D eigenvalue weighted by molar-refractivity contribution is 0.623. The van der Waals surface area contributed by atoms with E-state index in [1.165, 1.54) is 17.7 Å². The van der Waals surface area contributed by atoms with Gasteiger partial charge in [-0.15, -0.1) is 0 Å². The van der Waals surface area contributed by atoms with Crippen molar-refractivity contribution in [3.05, 3.63) is 69.9 Å². The Morgan fingerprint density at radius 3 is 2.44 bits per heavy atom. The van der Waals surface area contributed by atoms with Gasteiger partial charge in [0.2, 0.25) is 0 Å². The van der Waals surface area contributed by atoms with Crippen LogP contribution in [0.1, 0.15) is 17.0 Å². The van der Waals surface area contributed by atoms with Gasteiger partial charge in [-0.2, -0.15) is 0 Å². The summed E-state index contributed by atoms with van der Waals surface area (Å²) in [6.45, 7) is 0.554. The minimum absolute atomic E-state index is 0.211. The number of nitrogens with two attached hydrogens (primary N) is 1. The molecule has 0 bridgehead atoms. The van der Waals surface area contributed by atoms with Gasteiger partial charge in [0, 0.05) is 10.4 Å². The van der Waals surface area contributed by atoms with Crippen LogP contribution in [-0.2, 0) is 6.42 Å². The summed E-state index contributed by atoms with van der Waals surface area (Å²) in [5.41, 5.74) is 8.13. The molecule has 0 spiro atoms. The van der Waals surface area contributed by atoms with Gasteiger partial charge in [-0.05, 0) is 48.4 Å². The van der Waals surface area contributed by atoms with Crippen molar-refractivity contribution in [2.24, 2.45) is 5.73 Å². The van der Waals surface area contributed by atoms with Crippen molar-refractivity contribution in [2.75, 3.05) is 6.54 Å². The van der Waals surface area contributed by atoms with Gasteiger partial charge >= 0.3 is 0 Å². The highest BCUT2D eigenvalue weighted by Crippen LogP contribution is 2.22. The monoisotopic (exact) mass is 307 g/mol. The second kappa shape index (κ2) is 6.12. The van der Waals surface area contributed by atoms with Crippen molar-refractivity contribution in [1.82, 2.24) is 0 Å². The summed E-state index contributed by atoms with van der Waals surface area (Å²) >= 11 is 3.46. The number of benzene rings is 2. The minimum atomic E-state index is -0.211. The molecule has 1 unspecified atom stereocenters. The summed E-state index contributed by atoms with van der Waals surface area (Å²) in [6.07, 6.45) is 0.863. The van der Waals surface area contributed by atoms with Crippen molar-refractivity contribution in [3.63, 3.8) is 0 Å². The van der Waals surface area contributed by atoms with E-state index in [9.17, 15) is 4.39 Å². The van der Waals surface area contributed by atoms with Crippen LogP contribution in [0.5, 0.6) is 0 Å². The third kappa shape index (κ3) is 3.40. The molecule has 0 saturated carbocycles. The molecule has 1 nitrogen and oxygen atoms in total. The smallest absolute Gasteiger partial charge is 0.123 e. The summed E-state index contributed by atoms with van der Waals surface area (Å²) in [6, 6.07) is 14.8. The maximum Gasteiger partial charge on any atom is 0.123 e. The van der Waals surface area contributed by atoms with Crippen molar-refractivity contribution in [3.8, 4) is 0 Å². The molecule has 0 amide bonds. The molecule has 3 heteroatoms. The van der Waals surface area contributed by atoms with Crippen LogP contribution in [0.4, 0.5) is 4.39 Å². The van der Waals surface area contributed by atoms with E-state index in [1.54, 1.807) is 0 Å². The lowest BCUT2D eigenvalue weighted by Gasteiger charge is -2.15. The lowest BCUT2D eigenvalue weighted by atomic mass is 9.92. The SMILES string of the molecule is NCC(Cc1cccc(Br)c1)c1ccc(F)cc1. The van der Waals surface area contributed by atoms with Crippen LogP contribution in [0.25, 0.3) is 0 Å². The van der Waals surface area contributed by atoms with Crippen LogP contribution in [0.3, 0.4) is 0 Å². The van der Waals surface area contributed by atoms with Crippen LogP contribution >= 0.6 is 15.9 Å². The quantitative estimate of drug-likeness (QED) is 0.911. The molecule has 1 atom stereocenters. The van der Waals surface area contributed by atoms with E-state index < -0.39 is 0 Å². The number of rotatable bonds is 4. The van der Waals surface area contributed by atoms with E-state index >= 15 is 0 Å². The van der Waals surface area contributed by atoms with E-state index in [1.807, 2.05) is 24.3 Å². The Bertz CT molecular complexity index is 510. The number of halogens is 2. The highest BCUT2D eigenvalue weighted by molar-refractivity contribution is 9.10. The predicted octanol–water partition coefficient (Wildman–Crippen LogP) is 3.87. The molecule has 0 aliphatic carbocycles. The average Bonchev–Trinajstić information content (AvgIpc) is 2.37. The first-order valence-corrected chi connectivity index (χ1v) is 6.68. The van der Waals surface area contributed by atoms with Crippen LogP contribution < -0.4 is 5.73 Å². The van der Waals surface area contributed by atoms with E-state index in [4.69, 9.17) is 5.73 Å². The Morgan fingerprint density at radius 1 is 1.11 bits per heavy atom. The minimum Gasteiger partial charge on any atom is -0.330 e. The van der Waals surface area contributed by atoms with Crippen LogP contribution in [0.2, 0.25) is 0 Å². The predicted molar refractivity (Wildman–Crippen MR) is 76.0 cm³/mol. The van der Waals surface area contributed by atoms with E-state index in [0.29, 0.717) is 6.54 Å². The first-order chi connectivity index (χ1) is 8.69. The molecule has 2 N–H and O–H groups in total. The number of hydrogen-bond acceptors (Lipinski definition) is 1.